The lowest BCUT2D eigenvalue weighted by Crippen LogP contribution is -2.12. The van der Waals surface area contributed by atoms with E-state index >= 15 is 0 Å². The van der Waals surface area contributed by atoms with Gasteiger partial charge in [-0.3, -0.25) is 4.98 Å². The number of carboxylic acids is 1. The number of pyridine rings is 1. The van der Waals surface area contributed by atoms with Crippen molar-refractivity contribution in [2.45, 2.75) is 13.1 Å². The fourth-order valence-electron chi connectivity index (χ4n) is 1.62. The maximum absolute atomic E-state index is 10.7. The zero-order valence-corrected chi connectivity index (χ0v) is 11.1. The SMILES string of the molecule is Cl.O=C(O)c1ccc(CNCc2ccncc2)cc1. The van der Waals surface area contributed by atoms with Crippen molar-refractivity contribution >= 4 is 18.4 Å². The van der Waals surface area contributed by atoms with Crippen LogP contribution in [0.5, 0.6) is 0 Å². The Balaban J connectivity index is 0.00000180. The maximum atomic E-state index is 10.7. The molecule has 0 bridgehead atoms. The summed E-state index contributed by atoms with van der Waals surface area (Å²) in [5.41, 5.74) is 2.55. The molecule has 0 saturated heterocycles. The molecule has 5 heteroatoms. The van der Waals surface area contributed by atoms with Crippen LogP contribution in [-0.2, 0) is 13.1 Å². The van der Waals surface area contributed by atoms with E-state index in [1.165, 1.54) is 5.56 Å². The number of carboxylic acid groups (broad SMARTS) is 1. The number of benzene rings is 1. The van der Waals surface area contributed by atoms with Crippen LogP contribution in [0.25, 0.3) is 0 Å². The van der Waals surface area contributed by atoms with Crippen molar-refractivity contribution in [3.05, 3.63) is 65.5 Å². The van der Waals surface area contributed by atoms with Crippen LogP contribution in [0.4, 0.5) is 0 Å². The number of aromatic nitrogens is 1. The average molecular weight is 279 g/mol. The van der Waals surface area contributed by atoms with Crippen LogP contribution >= 0.6 is 12.4 Å². The van der Waals surface area contributed by atoms with Gasteiger partial charge >= 0.3 is 5.97 Å². The second kappa shape index (κ2) is 7.51. The highest BCUT2D eigenvalue weighted by molar-refractivity contribution is 5.87. The maximum Gasteiger partial charge on any atom is 0.335 e. The van der Waals surface area contributed by atoms with E-state index in [-0.39, 0.29) is 12.4 Å². The summed E-state index contributed by atoms with van der Waals surface area (Å²) in [7, 11) is 0. The van der Waals surface area contributed by atoms with Crippen LogP contribution in [0, 0.1) is 0 Å². The molecule has 2 N–H and O–H groups in total. The highest BCUT2D eigenvalue weighted by atomic mass is 35.5. The first kappa shape index (κ1) is 15.1. The van der Waals surface area contributed by atoms with Gasteiger partial charge in [0.15, 0.2) is 0 Å². The molecule has 0 unspecified atom stereocenters. The highest BCUT2D eigenvalue weighted by Crippen LogP contribution is 2.04. The highest BCUT2D eigenvalue weighted by Gasteiger charge is 2.01. The predicted octanol–water partition coefficient (Wildman–Crippen LogP) is 2.49. The minimum Gasteiger partial charge on any atom is -0.478 e. The summed E-state index contributed by atoms with van der Waals surface area (Å²) in [6.45, 7) is 1.48. The van der Waals surface area contributed by atoms with Crippen LogP contribution < -0.4 is 5.32 Å². The molecule has 19 heavy (non-hydrogen) atoms. The summed E-state index contributed by atoms with van der Waals surface area (Å²) in [6.07, 6.45) is 3.53. The standard InChI is InChI=1S/C14H14N2O2.ClH/c17-14(18)13-3-1-11(2-4-13)9-16-10-12-5-7-15-8-6-12;/h1-8,16H,9-10H2,(H,17,18);1H. The first-order chi connectivity index (χ1) is 8.75. The Morgan fingerprint density at radius 3 is 2.05 bits per heavy atom. The van der Waals surface area contributed by atoms with Gasteiger partial charge < -0.3 is 10.4 Å². The molecule has 2 aromatic rings. The van der Waals surface area contributed by atoms with Gasteiger partial charge in [0.1, 0.15) is 0 Å². The van der Waals surface area contributed by atoms with Crippen molar-refractivity contribution in [2.75, 3.05) is 0 Å². The number of aromatic carboxylic acids is 1. The van der Waals surface area contributed by atoms with E-state index in [9.17, 15) is 4.79 Å². The lowest BCUT2D eigenvalue weighted by atomic mass is 10.1. The molecule has 0 amide bonds. The number of carbonyl (C=O) groups is 1. The summed E-state index contributed by atoms with van der Waals surface area (Å²) >= 11 is 0. The van der Waals surface area contributed by atoms with Gasteiger partial charge in [0.25, 0.3) is 0 Å². The fourth-order valence-corrected chi connectivity index (χ4v) is 1.62. The molecular formula is C14H15ClN2O2. The third-order valence-electron chi connectivity index (χ3n) is 2.61. The largest absolute Gasteiger partial charge is 0.478 e. The molecule has 2 rings (SSSR count). The summed E-state index contributed by atoms with van der Waals surface area (Å²) in [5.74, 6) is -0.897. The third kappa shape index (κ3) is 4.69. The lowest BCUT2D eigenvalue weighted by Gasteiger charge is -2.05. The van der Waals surface area contributed by atoms with Crippen LogP contribution in [0.1, 0.15) is 21.5 Å². The summed E-state index contributed by atoms with van der Waals surface area (Å²) in [4.78, 5) is 14.6. The quantitative estimate of drug-likeness (QED) is 0.882. The minimum absolute atomic E-state index is 0. The van der Waals surface area contributed by atoms with Crippen LogP contribution in [0.15, 0.2) is 48.8 Å². The van der Waals surface area contributed by atoms with Gasteiger partial charge in [-0.1, -0.05) is 12.1 Å². The Kier molecular flexibility index (Phi) is 5.99. The molecule has 0 aliphatic heterocycles. The number of rotatable bonds is 5. The monoisotopic (exact) mass is 278 g/mol. The minimum atomic E-state index is -0.897. The van der Waals surface area contributed by atoms with Gasteiger partial charge in [-0.2, -0.15) is 0 Å². The van der Waals surface area contributed by atoms with Crippen molar-refractivity contribution < 1.29 is 9.90 Å². The molecule has 0 saturated carbocycles. The molecule has 100 valence electrons. The molecule has 0 aliphatic carbocycles. The van der Waals surface area contributed by atoms with Gasteiger partial charge in [0.05, 0.1) is 5.56 Å². The van der Waals surface area contributed by atoms with E-state index in [0.29, 0.717) is 12.1 Å². The normalized spacial score (nSPS) is 9.68. The second-order valence-corrected chi connectivity index (χ2v) is 3.96. The molecule has 1 aromatic heterocycles. The van der Waals surface area contributed by atoms with E-state index in [1.807, 2.05) is 24.3 Å². The molecule has 1 heterocycles. The van der Waals surface area contributed by atoms with Crippen molar-refractivity contribution in [3.8, 4) is 0 Å². The van der Waals surface area contributed by atoms with Gasteiger partial charge in [0.2, 0.25) is 0 Å². The Labute approximate surface area is 117 Å². The Morgan fingerprint density at radius 1 is 1.00 bits per heavy atom. The molecule has 0 fully saturated rings. The van der Waals surface area contributed by atoms with Gasteiger partial charge in [-0.05, 0) is 35.4 Å². The number of hydrogen-bond donors (Lipinski definition) is 2. The van der Waals surface area contributed by atoms with E-state index < -0.39 is 5.97 Å². The topological polar surface area (TPSA) is 62.2 Å². The van der Waals surface area contributed by atoms with E-state index in [2.05, 4.69) is 10.3 Å². The average Bonchev–Trinajstić information content (AvgIpc) is 2.40. The van der Waals surface area contributed by atoms with Crippen LogP contribution in [-0.4, -0.2) is 16.1 Å². The smallest absolute Gasteiger partial charge is 0.335 e. The Hall–Kier alpha value is -1.91. The van der Waals surface area contributed by atoms with Crippen molar-refractivity contribution in [1.82, 2.24) is 10.3 Å². The number of nitrogens with one attached hydrogen (secondary N) is 1. The number of halogens is 1. The van der Waals surface area contributed by atoms with Crippen LogP contribution in [0.3, 0.4) is 0 Å². The molecule has 4 nitrogen and oxygen atoms in total. The first-order valence-electron chi connectivity index (χ1n) is 5.67. The fraction of sp³-hybridized carbons (Fsp3) is 0.143. The predicted molar refractivity (Wildman–Crippen MR) is 75.4 cm³/mol. The third-order valence-corrected chi connectivity index (χ3v) is 2.61. The molecule has 0 spiro atoms. The molecule has 0 radical (unpaired) electrons. The van der Waals surface area contributed by atoms with E-state index in [4.69, 9.17) is 5.11 Å². The second-order valence-electron chi connectivity index (χ2n) is 3.96. The molecular weight excluding hydrogens is 264 g/mol. The van der Waals surface area contributed by atoms with Crippen molar-refractivity contribution in [1.29, 1.82) is 0 Å². The summed E-state index contributed by atoms with van der Waals surface area (Å²) in [6, 6.07) is 10.8. The van der Waals surface area contributed by atoms with Gasteiger partial charge in [-0.15, -0.1) is 12.4 Å². The van der Waals surface area contributed by atoms with E-state index in [1.54, 1.807) is 24.5 Å². The number of hydrogen-bond acceptors (Lipinski definition) is 3. The molecule has 1 aromatic carbocycles. The van der Waals surface area contributed by atoms with Gasteiger partial charge in [0, 0.05) is 25.5 Å². The summed E-state index contributed by atoms with van der Waals surface area (Å²) in [5, 5.41) is 12.1. The Morgan fingerprint density at radius 2 is 1.53 bits per heavy atom. The van der Waals surface area contributed by atoms with E-state index in [0.717, 1.165) is 12.1 Å². The number of nitrogens with zero attached hydrogens (tertiary/aromatic N) is 1. The van der Waals surface area contributed by atoms with Crippen molar-refractivity contribution in [3.63, 3.8) is 0 Å². The zero-order chi connectivity index (χ0) is 12.8. The summed E-state index contributed by atoms with van der Waals surface area (Å²) < 4.78 is 0. The molecule has 0 atom stereocenters. The van der Waals surface area contributed by atoms with Gasteiger partial charge in [-0.25, -0.2) is 4.79 Å². The lowest BCUT2D eigenvalue weighted by molar-refractivity contribution is 0.0697. The van der Waals surface area contributed by atoms with Crippen molar-refractivity contribution in [2.24, 2.45) is 0 Å². The Bertz CT molecular complexity index is 515. The molecule has 0 aliphatic rings. The first-order valence-corrected chi connectivity index (χ1v) is 5.67. The zero-order valence-electron chi connectivity index (χ0n) is 10.2. The van der Waals surface area contributed by atoms with Crippen LogP contribution in [0.2, 0.25) is 0 Å².